The van der Waals surface area contributed by atoms with E-state index in [1.54, 1.807) is 6.92 Å². The Bertz CT molecular complexity index is 313. The summed E-state index contributed by atoms with van der Waals surface area (Å²) in [5.74, 6) is 0.297. The maximum absolute atomic E-state index is 10.7. The Morgan fingerprint density at radius 3 is 2.22 bits per heavy atom. The summed E-state index contributed by atoms with van der Waals surface area (Å²) < 4.78 is 0. The minimum absolute atomic E-state index is 0.0823. The zero-order valence-corrected chi connectivity index (χ0v) is 12.1. The van der Waals surface area contributed by atoms with Gasteiger partial charge in [0.1, 0.15) is 0 Å². The van der Waals surface area contributed by atoms with Gasteiger partial charge >= 0.3 is 0 Å². The second kappa shape index (κ2) is 4.19. The van der Waals surface area contributed by atoms with Gasteiger partial charge in [-0.1, -0.05) is 6.92 Å². The lowest BCUT2D eigenvalue weighted by Crippen LogP contribution is -2.59. The van der Waals surface area contributed by atoms with Crippen molar-refractivity contribution in [2.45, 2.75) is 77.1 Å². The van der Waals surface area contributed by atoms with E-state index in [0.717, 1.165) is 25.7 Å². The van der Waals surface area contributed by atoms with Crippen LogP contribution in [0.25, 0.3) is 0 Å². The molecule has 3 heteroatoms. The summed E-state index contributed by atoms with van der Waals surface area (Å²) in [6.07, 6.45) is 3.90. The topological polar surface area (TPSA) is 60.7 Å². The van der Waals surface area contributed by atoms with Gasteiger partial charge in [-0.05, 0) is 70.1 Å². The predicted octanol–water partition coefficient (Wildman–Crippen LogP) is 2.09. The van der Waals surface area contributed by atoms with Gasteiger partial charge in [-0.3, -0.25) is 0 Å². The van der Waals surface area contributed by atoms with E-state index in [0.29, 0.717) is 6.42 Å². The highest BCUT2D eigenvalue weighted by atomic mass is 16.3. The van der Waals surface area contributed by atoms with E-state index >= 15 is 0 Å². The Morgan fingerprint density at radius 1 is 1.11 bits per heavy atom. The number of aliphatic hydroxyl groups excluding tert-OH is 1. The average Bonchev–Trinajstić information content (AvgIpc) is 2.23. The van der Waals surface area contributed by atoms with Crippen molar-refractivity contribution in [2.75, 3.05) is 0 Å². The lowest BCUT2D eigenvalue weighted by molar-refractivity contribution is -0.194. The van der Waals surface area contributed by atoms with E-state index in [1.165, 1.54) is 0 Å². The van der Waals surface area contributed by atoms with Crippen molar-refractivity contribution in [3.8, 4) is 0 Å². The molecular formula is C15H28O3. The summed E-state index contributed by atoms with van der Waals surface area (Å²) >= 11 is 0. The molecule has 0 aliphatic heterocycles. The molecule has 18 heavy (non-hydrogen) atoms. The first-order valence-corrected chi connectivity index (χ1v) is 7.20. The number of rotatable bonds is 1. The Balaban J connectivity index is 2.25. The van der Waals surface area contributed by atoms with Crippen LogP contribution in [0.5, 0.6) is 0 Å². The molecule has 0 aromatic rings. The summed E-state index contributed by atoms with van der Waals surface area (Å²) in [5, 5.41) is 30.9. The Morgan fingerprint density at radius 2 is 1.67 bits per heavy atom. The number of aliphatic hydroxyl groups is 3. The molecule has 2 rings (SSSR count). The molecule has 3 N–H and O–H groups in total. The molecule has 2 fully saturated rings. The molecule has 2 saturated carbocycles. The minimum Gasteiger partial charge on any atom is -0.390 e. The first kappa shape index (κ1) is 14.3. The number of hydrogen-bond acceptors (Lipinski definition) is 3. The van der Waals surface area contributed by atoms with E-state index in [-0.39, 0.29) is 17.3 Å². The second-order valence-electron chi connectivity index (χ2n) is 7.61. The van der Waals surface area contributed by atoms with Crippen LogP contribution >= 0.6 is 0 Å². The van der Waals surface area contributed by atoms with Crippen LogP contribution in [0.4, 0.5) is 0 Å². The molecule has 0 unspecified atom stereocenters. The normalized spacial score (nSPS) is 49.8. The molecule has 0 saturated heterocycles. The third-order valence-electron chi connectivity index (χ3n) is 5.79. The monoisotopic (exact) mass is 256 g/mol. The van der Waals surface area contributed by atoms with Crippen LogP contribution in [-0.2, 0) is 0 Å². The molecule has 2 aliphatic rings. The summed E-state index contributed by atoms with van der Waals surface area (Å²) in [4.78, 5) is 0. The fraction of sp³-hybridized carbons (Fsp3) is 1.00. The van der Waals surface area contributed by atoms with Gasteiger partial charge < -0.3 is 15.3 Å². The van der Waals surface area contributed by atoms with Crippen molar-refractivity contribution in [1.29, 1.82) is 0 Å². The van der Waals surface area contributed by atoms with Crippen molar-refractivity contribution in [3.63, 3.8) is 0 Å². The van der Waals surface area contributed by atoms with Crippen LogP contribution < -0.4 is 0 Å². The van der Waals surface area contributed by atoms with E-state index in [9.17, 15) is 15.3 Å². The van der Waals surface area contributed by atoms with Gasteiger partial charge in [0.2, 0.25) is 0 Å². The fourth-order valence-electron chi connectivity index (χ4n) is 4.24. The van der Waals surface area contributed by atoms with Crippen molar-refractivity contribution < 1.29 is 15.3 Å². The van der Waals surface area contributed by atoms with Crippen LogP contribution in [0.15, 0.2) is 0 Å². The van der Waals surface area contributed by atoms with Gasteiger partial charge in [-0.25, -0.2) is 0 Å². The smallest absolute Gasteiger partial charge is 0.0910 e. The van der Waals surface area contributed by atoms with Crippen molar-refractivity contribution in [2.24, 2.45) is 17.3 Å². The zero-order valence-electron chi connectivity index (χ0n) is 12.1. The third-order valence-corrected chi connectivity index (χ3v) is 5.79. The van der Waals surface area contributed by atoms with E-state index in [4.69, 9.17) is 0 Å². The highest BCUT2D eigenvalue weighted by molar-refractivity contribution is 5.06. The third kappa shape index (κ3) is 2.21. The first-order chi connectivity index (χ1) is 8.07. The fourth-order valence-corrected chi connectivity index (χ4v) is 4.24. The largest absolute Gasteiger partial charge is 0.390 e. The van der Waals surface area contributed by atoms with Gasteiger partial charge in [0.15, 0.2) is 0 Å². The van der Waals surface area contributed by atoms with Crippen molar-refractivity contribution in [1.82, 2.24) is 0 Å². The lowest BCUT2D eigenvalue weighted by atomic mass is 9.51. The number of hydrogen-bond donors (Lipinski definition) is 3. The average molecular weight is 256 g/mol. The van der Waals surface area contributed by atoms with Crippen LogP contribution in [0.3, 0.4) is 0 Å². The quantitative estimate of drug-likeness (QED) is 0.673. The molecule has 0 radical (unpaired) electrons. The maximum atomic E-state index is 10.7. The molecule has 106 valence electrons. The summed E-state index contributed by atoms with van der Waals surface area (Å²) in [5.41, 5.74) is -1.60. The van der Waals surface area contributed by atoms with E-state index < -0.39 is 17.3 Å². The van der Waals surface area contributed by atoms with Crippen LogP contribution in [0.2, 0.25) is 0 Å². The summed E-state index contributed by atoms with van der Waals surface area (Å²) in [6.45, 7) is 7.72. The lowest BCUT2D eigenvalue weighted by Gasteiger charge is -2.57. The first-order valence-electron chi connectivity index (χ1n) is 7.20. The maximum Gasteiger partial charge on any atom is 0.0910 e. The van der Waals surface area contributed by atoms with Gasteiger partial charge in [0.05, 0.1) is 17.3 Å². The van der Waals surface area contributed by atoms with Gasteiger partial charge in [-0.15, -0.1) is 0 Å². The molecule has 3 nitrogen and oxygen atoms in total. The van der Waals surface area contributed by atoms with Gasteiger partial charge in [0, 0.05) is 0 Å². The standard InChI is InChI=1S/C15H28O3/c1-13(2,17)10-5-7-14(3)8-6-12(16)15(4,18)11(14)9-10/h10-12,16-18H,5-9H2,1-4H3/t10-,11+,12+,14-,15-/m1/s1. The molecule has 0 heterocycles. The Kier molecular flexibility index (Phi) is 3.33. The summed E-state index contributed by atoms with van der Waals surface area (Å²) in [6, 6.07) is 0. The Hall–Kier alpha value is -0.120. The van der Waals surface area contributed by atoms with Gasteiger partial charge in [-0.2, -0.15) is 0 Å². The van der Waals surface area contributed by atoms with Crippen LogP contribution in [0.1, 0.15) is 59.8 Å². The Labute approximate surface area is 110 Å². The second-order valence-corrected chi connectivity index (χ2v) is 7.61. The van der Waals surface area contributed by atoms with Crippen molar-refractivity contribution >= 4 is 0 Å². The van der Waals surface area contributed by atoms with E-state index in [1.807, 2.05) is 13.8 Å². The van der Waals surface area contributed by atoms with E-state index in [2.05, 4.69) is 6.92 Å². The number of fused-ring (bicyclic) bond motifs is 1. The molecular weight excluding hydrogens is 228 g/mol. The summed E-state index contributed by atoms with van der Waals surface area (Å²) in [7, 11) is 0. The zero-order chi connectivity index (χ0) is 13.8. The molecule has 0 aromatic heterocycles. The molecule has 0 spiro atoms. The van der Waals surface area contributed by atoms with Crippen LogP contribution in [-0.4, -0.2) is 32.6 Å². The molecule has 0 aromatic carbocycles. The molecule has 2 aliphatic carbocycles. The minimum atomic E-state index is -1.02. The van der Waals surface area contributed by atoms with Gasteiger partial charge in [0.25, 0.3) is 0 Å². The highest BCUT2D eigenvalue weighted by Gasteiger charge is 2.55. The van der Waals surface area contributed by atoms with Crippen molar-refractivity contribution in [3.05, 3.63) is 0 Å². The highest BCUT2D eigenvalue weighted by Crippen LogP contribution is 2.56. The molecule has 0 bridgehead atoms. The predicted molar refractivity (Wildman–Crippen MR) is 71.1 cm³/mol. The molecule has 0 amide bonds. The molecule has 5 atom stereocenters. The van der Waals surface area contributed by atoms with Crippen LogP contribution in [0, 0.1) is 17.3 Å². The SMILES string of the molecule is CC(C)(O)[C@@H]1CC[C@]2(C)CC[C@H](O)[C@](C)(O)[C@H]2C1.